The van der Waals surface area contributed by atoms with E-state index in [1.807, 2.05) is 61.3 Å². The number of hydrogen-bond acceptors (Lipinski definition) is 2. The first-order valence-electron chi connectivity index (χ1n) is 8.62. The van der Waals surface area contributed by atoms with Crippen molar-refractivity contribution in [3.8, 4) is 0 Å². The van der Waals surface area contributed by atoms with Gasteiger partial charge in [-0.05, 0) is 41.9 Å². The molecule has 128 valence electrons. The van der Waals surface area contributed by atoms with Gasteiger partial charge in [0.2, 0.25) is 5.91 Å². The molecular weight excluding hydrogens is 308 g/mol. The van der Waals surface area contributed by atoms with Gasteiger partial charge in [-0.3, -0.25) is 9.69 Å². The van der Waals surface area contributed by atoms with Crippen LogP contribution in [0.5, 0.6) is 0 Å². The molecule has 0 radical (unpaired) electrons. The van der Waals surface area contributed by atoms with Crippen LogP contribution in [0.1, 0.15) is 24.1 Å². The first-order valence-corrected chi connectivity index (χ1v) is 8.62. The Balaban J connectivity index is 1.55. The fourth-order valence-corrected chi connectivity index (χ4v) is 3.06. The molecule has 0 fully saturated rings. The SMILES string of the molecule is C[C@H](NC(=O)CN(C)Cc1ccc2ccccc2c1)c1ccccc1. The summed E-state index contributed by atoms with van der Waals surface area (Å²) in [6, 6.07) is 24.8. The van der Waals surface area contributed by atoms with Crippen LogP contribution >= 0.6 is 0 Å². The normalized spacial score (nSPS) is 12.3. The largest absolute Gasteiger partial charge is 0.348 e. The summed E-state index contributed by atoms with van der Waals surface area (Å²) in [5.41, 5.74) is 2.33. The van der Waals surface area contributed by atoms with Gasteiger partial charge >= 0.3 is 0 Å². The molecule has 3 aromatic rings. The highest BCUT2D eigenvalue weighted by Crippen LogP contribution is 2.16. The Morgan fingerprint density at radius 3 is 2.40 bits per heavy atom. The zero-order valence-electron chi connectivity index (χ0n) is 14.8. The lowest BCUT2D eigenvalue weighted by atomic mass is 10.1. The number of likely N-dealkylation sites (N-methyl/N-ethyl adjacent to an activating group) is 1. The molecule has 0 spiro atoms. The van der Waals surface area contributed by atoms with Crippen LogP contribution in [0.15, 0.2) is 72.8 Å². The summed E-state index contributed by atoms with van der Waals surface area (Å²) in [7, 11) is 1.97. The molecule has 1 atom stereocenters. The summed E-state index contributed by atoms with van der Waals surface area (Å²) in [5.74, 6) is 0.0413. The first-order chi connectivity index (χ1) is 12.1. The van der Waals surface area contributed by atoms with E-state index >= 15 is 0 Å². The van der Waals surface area contributed by atoms with E-state index in [1.165, 1.54) is 16.3 Å². The fraction of sp³-hybridized carbons (Fsp3) is 0.227. The topological polar surface area (TPSA) is 32.3 Å². The van der Waals surface area contributed by atoms with Crippen LogP contribution in [0, 0.1) is 0 Å². The van der Waals surface area contributed by atoms with Crippen molar-refractivity contribution < 1.29 is 4.79 Å². The Bertz CT molecular complexity index is 845. The summed E-state index contributed by atoms with van der Waals surface area (Å²) in [4.78, 5) is 14.3. The highest BCUT2D eigenvalue weighted by Gasteiger charge is 2.11. The van der Waals surface area contributed by atoms with Crippen LogP contribution in [-0.4, -0.2) is 24.4 Å². The highest BCUT2D eigenvalue weighted by molar-refractivity contribution is 5.83. The maximum absolute atomic E-state index is 12.3. The Morgan fingerprint density at radius 1 is 0.960 bits per heavy atom. The summed E-state index contributed by atoms with van der Waals surface area (Å²) < 4.78 is 0. The molecule has 1 amide bonds. The van der Waals surface area contributed by atoms with Gasteiger partial charge in [0.05, 0.1) is 12.6 Å². The Morgan fingerprint density at radius 2 is 1.64 bits per heavy atom. The van der Waals surface area contributed by atoms with E-state index in [1.54, 1.807) is 0 Å². The van der Waals surface area contributed by atoms with Gasteiger partial charge in [0.25, 0.3) is 0 Å². The van der Waals surface area contributed by atoms with Crippen molar-refractivity contribution in [3.63, 3.8) is 0 Å². The Hall–Kier alpha value is -2.65. The van der Waals surface area contributed by atoms with Crippen molar-refractivity contribution in [1.29, 1.82) is 0 Å². The summed E-state index contributed by atoms with van der Waals surface area (Å²) >= 11 is 0. The molecular formula is C22H24N2O. The van der Waals surface area contributed by atoms with Crippen LogP contribution in [0.3, 0.4) is 0 Å². The lowest BCUT2D eigenvalue weighted by Gasteiger charge is -2.19. The van der Waals surface area contributed by atoms with Crippen molar-refractivity contribution in [3.05, 3.63) is 83.9 Å². The van der Waals surface area contributed by atoms with Gasteiger partial charge in [-0.15, -0.1) is 0 Å². The number of rotatable bonds is 6. The molecule has 0 aliphatic carbocycles. The first kappa shape index (κ1) is 17.2. The predicted molar refractivity (Wildman–Crippen MR) is 103 cm³/mol. The third-order valence-corrected chi connectivity index (χ3v) is 4.36. The smallest absolute Gasteiger partial charge is 0.234 e. The molecule has 25 heavy (non-hydrogen) atoms. The minimum Gasteiger partial charge on any atom is -0.348 e. The second-order valence-corrected chi connectivity index (χ2v) is 6.55. The average Bonchev–Trinajstić information content (AvgIpc) is 2.62. The van der Waals surface area contributed by atoms with Crippen LogP contribution in [0.2, 0.25) is 0 Å². The fourth-order valence-electron chi connectivity index (χ4n) is 3.06. The van der Waals surface area contributed by atoms with Gasteiger partial charge in [-0.2, -0.15) is 0 Å². The zero-order valence-corrected chi connectivity index (χ0v) is 14.8. The number of hydrogen-bond donors (Lipinski definition) is 1. The van der Waals surface area contributed by atoms with Crippen molar-refractivity contribution in [2.24, 2.45) is 0 Å². The number of carbonyl (C=O) groups is 1. The number of nitrogens with zero attached hydrogens (tertiary/aromatic N) is 1. The van der Waals surface area contributed by atoms with E-state index in [0.29, 0.717) is 6.54 Å². The van der Waals surface area contributed by atoms with Gasteiger partial charge in [-0.1, -0.05) is 66.7 Å². The van der Waals surface area contributed by atoms with Crippen LogP contribution in [0.4, 0.5) is 0 Å². The van der Waals surface area contributed by atoms with Gasteiger partial charge < -0.3 is 5.32 Å². The molecule has 0 saturated heterocycles. The lowest BCUT2D eigenvalue weighted by molar-refractivity contribution is -0.122. The van der Waals surface area contributed by atoms with E-state index in [9.17, 15) is 4.79 Å². The monoisotopic (exact) mass is 332 g/mol. The van der Waals surface area contributed by atoms with Crippen molar-refractivity contribution in [2.75, 3.05) is 13.6 Å². The molecule has 0 saturated carbocycles. The molecule has 3 nitrogen and oxygen atoms in total. The third-order valence-electron chi connectivity index (χ3n) is 4.36. The summed E-state index contributed by atoms with van der Waals surface area (Å²) in [6.45, 7) is 3.14. The zero-order chi connectivity index (χ0) is 17.6. The number of fused-ring (bicyclic) bond motifs is 1. The number of amides is 1. The second-order valence-electron chi connectivity index (χ2n) is 6.55. The molecule has 3 aromatic carbocycles. The average molecular weight is 332 g/mol. The molecule has 0 bridgehead atoms. The number of nitrogens with one attached hydrogen (secondary N) is 1. The van der Waals surface area contributed by atoms with E-state index in [0.717, 1.165) is 12.1 Å². The van der Waals surface area contributed by atoms with Crippen molar-refractivity contribution >= 4 is 16.7 Å². The molecule has 1 N–H and O–H groups in total. The molecule has 3 rings (SSSR count). The van der Waals surface area contributed by atoms with Gasteiger partial charge in [0.15, 0.2) is 0 Å². The second kappa shape index (κ2) is 7.95. The van der Waals surface area contributed by atoms with E-state index in [-0.39, 0.29) is 11.9 Å². The van der Waals surface area contributed by atoms with Gasteiger partial charge in [-0.25, -0.2) is 0 Å². The van der Waals surface area contributed by atoms with Gasteiger partial charge in [0.1, 0.15) is 0 Å². The summed E-state index contributed by atoms with van der Waals surface area (Å²) in [5, 5.41) is 5.53. The molecule has 0 unspecified atom stereocenters. The number of benzene rings is 3. The number of carbonyl (C=O) groups excluding carboxylic acids is 1. The van der Waals surface area contributed by atoms with Crippen molar-refractivity contribution in [1.82, 2.24) is 10.2 Å². The molecule has 0 aromatic heterocycles. The standard InChI is InChI=1S/C22H24N2O/c1-17(19-8-4-3-5-9-19)23-22(25)16-24(2)15-18-12-13-20-10-6-7-11-21(20)14-18/h3-14,17H,15-16H2,1-2H3,(H,23,25)/t17-/m0/s1. The maximum Gasteiger partial charge on any atom is 0.234 e. The van der Waals surface area contributed by atoms with Crippen LogP contribution in [0.25, 0.3) is 10.8 Å². The lowest BCUT2D eigenvalue weighted by Crippen LogP contribution is -2.36. The molecule has 0 heterocycles. The van der Waals surface area contributed by atoms with Crippen LogP contribution < -0.4 is 5.32 Å². The van der Waals surface area contributed by atoms with Crippen molar-refractivity contribution in [2.45, 2.75) is 19.5 Å². The quantitative estimate of drug-likeness (QED) is 0.735. The molecule has 3 heteroatoms. The minimum absolute atomic E-state index is 0.0165. The third kappa shape index (κ3) is 4.68. The Labute approximate surface area is 149 Å². The minimum atomic E-state index is 0.0165. The highest BCUT2D eigenvalue weighted by atomic mass is 16.2. The van der Waals surface area contributed by atoms with Crippen LogP contribution in [-0.2, 0) is 11.3 Å². The maximum atomic E-state index is 12.3. The molecule has 0 aliphatic heterocycles. The summed E-state index contributed by atoms with van der Waals surface area (Å²) in [6.07, 6.45) is 0. The molecule has 0 aliphatic rings. The van der Waals surface area contributed by atoms with E-state index in [4.69, 9.17) is 0 Å². The Kier molecular flexibility index (Phi) is 5.46. The van der Waals surface area contributed by atoms with E-state index in [2.05, 4.69) is 35.6 Å². The van der Waals surface area contributed by atoms with Gasteiger partial charge in [0, 0.05) is 6.54 Å². The predicted octanol–water partition coefficient (Wildman–Crippen LogP) is 4.15. The van der Waals surface area contributed by atoms with E-state index < -0.39 is 0 Å².